The van der Waals surface area contributed by atoms with E-state index in [4.69, 9.17) is 4.74 Å². The van der Waals surface area contributed by atoms with Crippen molar-refractivity contribution in [2.75, 3.05) is 13.2 Å². The molecule has 0 saturated heterocycles. The largest absolute Gasteiger partial charge is 0.466 e. The Hall–Kier alpha value is -1.66. The third-order valence-electron chi connectivity index (χ3n) is 17.5. The van der Waals surface area contributed by atoms with Crippen molar-refractivity contribution in [1.82, 2.24) is 5.32 Å². The highest BCUT2D eigenvalue weighted by Crippen LogP contribution is 2.20. The third kappa shape index (κ3) is 67.3. The van der Waals surface area contributed by atoms with E-state index in [-0.39, 0.29) is 18.5 Å². The van der Waals surface area contributed by atoms with Gasteiger partial charge in [0.15, 0.2) is 0 Å². The van der Waals surface area contributed by atoms with Crippen LogP contribution in [0.15, 0.2) is 24.3 Å². The maximum atomic E-state index is 12.6. The number of amides is 1. The van der Waals surface area contributed by atoms with Crippen LogP contribution in [0.25, 0.3) is 0 Å². The van der Waals surface area contributed by atoms with Crippen molar-refractivity contribution in [2.24, 2.45) is 0 Å². The fraction of sp³-hybridized carbons (Fsp3) is 0.920. The molecule has 0 aromatic rings. The molecule has 6 nitrogen and oxygen atoms in total. The highest BCUT2D eigenvalue weighted by molar-refractivity contribution is 5.76. The van der Waals surface area contributed by atoms with Crippen LogP contribution in [0.5, 0.6) is 0 Å². The number of allylic oxidation sites excluding steroid dienone is 4. The van der Waals surface area contributed by atoms with Crippen LogP contribution in [0.2, 0.25) is 0 Å². The zero-order valence-electron chi connectivity index (χ0n) is 55.0. The summed E-state index contributed by atoms with van der Waals surface area (Å²) in [6.45, 7) is 4.97. The summed E-state index contributed by atoms with van der Waals surface area (Å²) >= 11 is 0. The summed E-state index contributed by atoms with van der Waals surface area (Å²) in [4.78, 5) is 24.7. The summed E-state index contributed by atoms with van der Waals surface area (Å²) in [5, 5.41) is 23.4. The molecule has 0 spiro atoms. The van der Waals surface area contributed by atoms with Gasteiger partial charge in [0.05, 0.1) is 25.4 Å². The van der Waals surface area contributed by atoms with Crippen molar-refractivity contribution in [3.63, 3.8) is 0 Å². The normalized spacial score (nSPS) is 12.6. The highest BCUT2D eigenvalue weighted by Gasteiger charge is 2.20. The third-order valence-corrected chi connectivity index (χ3v) is 17.5. The lowest BCUT2D eigenvalue weighted by atomic mass is 10.0. The van der Waals surface area contributed by atoms with Gasteiger partial charge in [0.2, 0.25) is 5.91 Å². The van der Waals surface area contributed by atoms with Gasteiger partial charge in [-0.25, -0.2) is 0 Å². The lowest BCUT2D eigenvalue weighted by molar-refractivity contribution is -0.143. The summed E-state index contributed by atoms with van der Waals surface area (Å²) in [6.07, 6.45) is 89.5. The molecular weight excluding hydrogens is 995 g/mol. The van der Waals surface area contributed by atoms with Crippen LogP contribution in [0.4, 0.5) is 0 Å². The average Bonchev–Trinajstić information content (AvgIpc) is 3.47. The Bertz CT molecular complexity index is 1270. The van der Waals surface area contributed by atoms with Crippen molar-refractivity contribution >= 4 is 11.9 Å². The van der Waals surface area contributed by atoms with Gasteiger partial charge in [0.25, 0.3) is 0 Å². The van der Waals surface area contributed by atoms with Crippen molar-refractivity contribution in [3.05, 3.63) is 24.3 Å². The number of nitrogens with one attached hydrogen (secondary N) is 1. The molecule has 0 aliphatic carbocycles. The number of rotatable bonds is 70. The number of aliphatic hydroxyl groups is 2. The molecule has 0 aliphatic rings. The lowest BCUT2D eigenvalue weighted by Crippen LogP contribution is -2.45. The van der Waals surface area contributed by atoms with E-state index >= 15 is 0 Å². The zero-order chi connectivity index (χ0) is 58.5. The fourth-order valence-corrected chi connectivity index (χ4v) is 11.9. The minimum atomic E-state index is -0.664. The van der Waals surface area contributed by atoms with E-state index in [2.05, 4.69) is 43.5 Å². The molecule has 0 aliphatic heterocycles. The summed E-state index contributed by atoms with van der Waals surface area (Å²) in [5.74, 6) is -0.0174. The number of aliphatic hydroxyl groups excluding tert-OH is 2. The Morgan fingerprint density at radius 2 is 0.617 bits per heavy atom. The van der Waals surface area contributed by atoms with Gasteiger partial charge in [-0.2, -0.15) is 0 Å². The van der Waals surface area contributed by atoms with Gasteiger partial charge in [-0.05, 0) is 57.8 Å². The van der Waals surface area contributed by atoms with Gasteiger partial charge in [0, 0.05) is 12.8 Å². The minimum Gasteiger partial charge on any atom is -0.466 e. The molecule has 0 heterocycles. The maximum Gasteiger partial charge on any atom is 0.305 e. The van der Waals surface area contributed by atoms with Crippen molar-refractivity contribution < 1.29 is 24.5 Å². The molecule has 0 rings (SSSR count). The number of hydrogen-bond donors (Lipinski definition) is 3. The summed E-state index contributed by atoms with van der Waals surface area (Å²) < 4.78 is 5.50. The van der Waals surface area contributed by atoms with Crippen LogP contribution >= 0.6 is 0 Å². The average molecular weight is 1140 g/mol. The van der Waals surface area contributed by atoms with Gasteiger partial charge < -0.3 is 20.3 Å². The first kappa shape index (κ1) is 79.3. The van der Waals surface area contributed by atoms with Gasteiger partial charge in [-0.3, -0.25) is 9.59 Å². The molecule has 480 valence electrons. The highest BCUT2D eigenvalue weighted by atomic mass is 16.5. The molecule has 0 aromatic heterocycles. The summed E-state index contributed by atoms with van der Waals surface area (Å²) in [5.41, 5.74) is 0. The SMILES string of the molecule is CCCCC/C=C\C/C=C\CCCCCCCCCC(=O)OCCCCCCCCCCCCCCCCCCCCCCCCCCCCC(=O)NC(CO)C(O)CCCCCCCCCCCCCCCCCCCCCCC. The molecule has 1 amide bonds. The first-order valence-electron chi connectivity index (χ1n) is 37.1. The first-order chi connectivity index (χ1) is 40.0. The molecule has 0 saturated carbocycles. The molecule has 0 radical (unpaired) electrons. The van der Waals surface area contributed by atoms with Crippen LogP contribution < -0.4 is 5.32 Å². The number of ether oxygens (including phenoxy) is 1. The van der Waals surface area contributed by atoms with Gasteiger partial charge >= 0.3 is 5.97 Å². The van der Waals surface area contributed by atoms with E-state index in [0.29, 0.717) is 25.9 Å². The molecule has 0 aromatic carbocycles. The molecule has 0 bridgehead atoms. The van der Waals surface area contributed by atoms with Gasteiger partial charge in [0.1, 0.15) is 0 Å². The second-order valence-corrected chi connectivity index (χ2v) is 25.6. The molecule has 81 heavy (non-hydrogen) atoms. The second kappa shape index (κ2) is 70.8. The Morgan fingerprint density at radius 3 is 0.963 bits per heavy atom. The number of carbonyl (C=O) groups excluding carboxylic acids is 2. The van der Waals surface area contributed by atoms with E-state index < -0.39 is 12.1 Å². The van der Waals surface area contributed by atoms with Crippen LogP contribution in [0, 0.1) is 0 Å². The van der Waals surface area contributed by atoms with Crippen molar-refractivity contribution in [3.8, 4) is 0 Å². The van der Waals surface area contributed by atoms with Crippen LogP contribution in [0.3, 0.4) is 0 Å². The molecule has 6 heteroatoms. The predicted octanol–water partition coefficient (Wildman–Crippen LogP) is 24.1. The molecular formula is C75H145NO5. The maximum absolute atomic E-state index is 12.6. The first-order valence-corrected chi connectivity index (χ1v) is 37.1. The molecule has 3 N–H and O–H groups in total. The van der Waals surface area contributed by atoms with Crippen LogP contribution in [-0.4, -0.2) is 47.4 Å². The molecule has 0 fully saturated rings. The Labute approximate surface area is 507 Å². The van der Waals surface area contributed by atoms with Crippen LogP contribution in [-0.2, 0) is 14.3 Å². The van der Waals surface area contributed by atoms with E-state index in [1.165, 1.54) is 334 Å². The monoisotopic (exact) mass is 1140 g/mol. The number of unbranched alkanes of at least 4 members (excludes halogenated alkanes) is 55. The van der Waals surface area contributed by atoms with Gasteiger partial charge in [-0.1, -0.05) is 372 Å². The van der Waals surface area contributed by atoms with E-state index in [0.717, 1.165) is 51.4 Å². The second-order valence-electron chi connectivity index (χ2n) is 25.6. The lowest BCUT2D eigenvalue weighted by Gasteiger charge is -2.22. The number of carbonyl (C=O) groups is 2. The fourth-order valence-electron chi connectivity index (χ4n) is 11.9. The smallest absolute Gasteiger partial charge is 0.305 e. The standard InChI is InChI=1S/C75H145NO5/c1-3-5-7-9-11-13-15-17-19-21-22-29-32-36-39-43-47-51-55-59-63-67-73(78)72(71-77)76-74(79)68-64-60-56-52-48-44-40-37-33-30-27-25-23-24-26-28-31-34-38-42-46-50-54-58-62-66-70-81-75(80)69-65-61-57-53-49-45-41-35-20-18-16-14-12-10-8-6-4-2/h12,14,18,20,72-73,77-78H,3-11,13,15-17,19,21-71H2,1-2H3,(H,76,79)/b14-12-,20-18-. The van der Waals surface area contributed by atoms with E-state index in [9.17, 15) is 19.8 Å². The van der Waals surface area contributed by atoms with Gasteiger partial charge in [-0.15, -0.1) is 0 Å². The molecule has 2 atom stereocenters. The quantitative estimate of drug-likeness (QED) is 0.0320. The number of hydrogen-bond acceptors (Lipinski definition) is 5. The van der Waals surface area contributed by atoms with Crippen molar-refractivity contribution in [1.29, 1.82) is 0 Å². The Morgan fingerprint density at radius 1 is 0.346 bits per heavy atom. The Balaban J connectivity index is 3.35. The topological polar surface area (TPSA) is 95.9 Å². The summed E-state index contributed by atoms with van der Waals surface area (Å²) in [6, 6.07) is -0.541. The van der Waals surface area contributed by atoms with E-state index in [1.54, 1.807) is 0 Å². The van der Waals surface area contributed by atoms with E-state index in [1.807, 2.05) is 0 Å². The summed E-state index contributed by atoms with van der Waals surface area (Å²) in [7, 11) is 0. The van der Waals surface area contributed by atoms with Crippen molar-refractivity contribution in [2.45, 2.75) is 431 Å². The number of esters is 1. The zero-order valence-corrected chi connectivity index (χ0v) is 55.0. The minimum absolute atomic E-state index is 0.0105. The van der Waals surface area contributed by atoms with Crippen LogP contribution in [0.1, 0.15) is 418 Å². The molecule has 2 unspecified atom stereocenters. The Kier molecular flexibility index (Phi) is 69.4. The predicted molar refractivity (Wildman–Crippen MR) is 356 cm³/mol.